The second kappa shape index (κ2) is 5.91. The van der Waals surface area contributed by atoms with Gasteiger partial charge in [0.25, 0.3) is 0 Å². The van der Waals surface area contributed by atoms with Crippen LogP contribution in [-0.4, -0.2) is 10.2 Å². The van der Waals surface area contributed by atoms with Crippen LogP contribution in [0.15, 0.2) is 29.3 Å². The van der Waals surface area contributed by atoms with Crippen molar-refractivity contribution in [1.29, 1.82) is 0 Å². The average Bonchev–Trinajstić information content (AvgIpc) is 2.37. The van der Waals surface area contributed by atoms with Crippen LogP contribution < -0.4 is 0 Å². The fourth-order valence-electron chi connectivity index (χ4n) is 1.42. The minimum atomic E-state index is 0.475. The number of rotatable bonds is 3. The molecule has 94 valence electrons. The lowest BCUT2D eigenvalue weighted by atomic mass is 10.2. The zero-order valence-corrected chi connectivity index (χ0v) is 12.4. The normalized spacial score (nSPS) is 10.7. The monoisotopic (exact) mass is 298 g/mol. The first-order valence-corrected chi connectivity index (χ1v) is 7.18. The van der Waals surface area contributed by atoms with Crippen molar-refractivity contribution in [2.45, 2.75) is 24.6 Å². The quantitative estimate of drug-likeness (QED) is 0.769. The van der Waals surface area contributed by atoms with E-state index in [4.69, 9.17) is 23.2 Å². The van der Waals surface area contributed by atoms with Crippen molar-refractivity contribution < 1.29 is 0 Å². The highest BCUT2D eigenvalue weighted by molar-refractivity contribution is 7.98. The van der Waals surface area contributed by atoms with Gasteiger partial charge < -0.3 is 0 Å². The summed E-state index contributed by atoms with van der Waals surface area (Å²) in [5, 5.41) is 10.2. The molecule has 1 aromatic heterocycles. The van der Waals surface area contributed by atoms with E-state index in [9.17, 15) is 0 Å². The molecule has 0 aliphatic carbocycles. The Morgan fingerprint density at radius 3 is 2.33 bits per heavy atom. The molecule has 0 atom stereocenters. The van der Waals surface area contributed by atoms with Crippen LogP contribution in [0, 0.1) is 13.8 Å². The van der Waals surface area contributed by atoms with Gasteiger partial charge in [0.1, 0.15) is 5.03 Å². The van der Waals surface area contributed by atoms with E-state index in [0.717, 1.165) is 26.9 Å². The summed E-state index contributed by atoms with van der Waals surface area (Å²) in [5.74, 6) is 0.841. The number of hydrogen-bond acceptors (Lipinski definition) is 3. The smallest absolute Gasteiger partial charge is 0.142 e. The zero-order chi connectivity index (χ0) is 13.1. The van der Waals surface area contributed by atoms with Gasteiger partial charge in [0.15, 0.2) is 5.15 Å². The number of benzene rings is 1. The largest absolute Gasteiger partial charge is 0.154 e. The molecule has 18 heavy (non-hydrogen) atoms. The minimum Gasteiger partial charge on any atom is -0.142 e. The van der Waals surface area contributed by atoms with E-state index >= 15 is 0 Å². The van der Waals surface area contributed by atoms with Crippen molar-refractivity contribution in [3.63, 3.8) is 0 Å². The van der Waals surface area contributed by atoms with Gasteiger partial charge >= 0.3 is 0 Å². The third kappa shape index (κ3) is 3.16. The van der Waals surface area contributed by atoms with E-state index in [2.05, 4.69) is 10.2 Å². The molecule has 2 rings (SSSR count). The Morgan fingerprint density at radius 1 is 1.00 bits per heavy atom. The highest BCUT2D eigenvalue weighted by Crippen LogP contribution is 2.27. The van der Waals surface area contributed by atoms with Gasteiger partial charge in [0, 0.05) is 10.8 Å². The summed E-state index contributed by atoms with van der Waals surface area (Å²) in [6, 6.07) is 7.81. The van der Waals surface area contributed by atoms with Crippen LogP contribution >= 0.6 is 35.0 Å². The Morgan fingerprint density at radius 2 is 1.67 bits per heavy atom. The molecule has 2 aromatic rings. The number of thioether (sulfide) groups is 1. The number of aromatic nitrogens is 2. The maximum Gasteiger partial charge on any atom is 0.154 e. The van der Waals surface area contributed by atoms with E-state index in [1.54, 1.807) is 11.8 Å². The van der Waals surface area contributed by atoms with Crippen molar-refractivity contribution in [2.24, 2.45) is 0 Å². The highest BCUT2D eigenvalue weighted by Gasteiger charge is 2.08. The first kappa shape index (κ1) is 13.7. The van der Waals surface area contributed by atoms with Gasteiger partial charge in [-0.2, -0.15) is 0 Å². The van der Waals surface area contributed by atoms with E-state index < -0.39 is 0 Å². The van der Waals surface area contributed by atoms with E-state index in [1.807, 2.05) is 38.1 Å². The van der Waals surface area contributed by atoms with Crippen LogP contribution in [0.5, 0.6) is 0 Å². The average molecular weight is 299 g/mol. The zero-order valence-electron chi connectivity index (χ0n) is 10.1. The molecule has 0 bridgehead atoms. The summed E-state index contributed by atoms with van der Waals surface area (Å²) in [4.78, 5) is 0. The second-order valence-corrected chi connectivity index (χ2v) is 5.72. The Kier molecular flexibility index (Phi) is 4.49. The summed E-state index contributed by atoms with van der Waals surface area (Å²) in [6.45, 7) is 3.97. The predicted molar refractivity (Wildman–Crippen MR) is 77.5 cm³/mol. The van der Waals surface area contributed by atoms with Crippen molar-refractivity contribution in [1.82, 2.24) is 10.2 Å². The van der Waals surface area contributed by atoms with Crippen molar-refractivity contribution >= 4 is 35.0 Å². The first-order chi connectivity index (χ1) is 8.58. The summed E-state index contributed by atoms with van der Waals surface area (Å²) < 4.78 is 0. The van der Waals surface area contributed by atoms with Crippen LogP contribution in [0.1, 0.15) is 16.7 Å². The lowest BCUT2D eigenvalue weighted by molar-refractivity contribution is 0.891. The van der Waals surface area contributed by atoms with Crippen LogP contribution in [0.4, 0.5) is 0 Å². The summed E-state index contributed by atoms with van der Waals surface area (Å²) in [7, 11) is 0. The molecule has 0 fully saturated rings. The second-order valence-electron chi connectivity index (χ2n) is 3.96. The fourth-order valence-corrected chi connectivity index (χ4v) is 2.69. The third-order valence-electron chi connectivity index (χ3n) is 2.71. The van der Waals surface area contributed by atoms with Gasteiger partial charge in [-0.25, -0.2) is 0 Å². The maximum absolute atomic E-state index is 5.92. The van der Waals surface area contributed by atoms with Gasteiger partial charge in [0.2, 0.25) is 0 Å². The van der Waals surface area contributed by atoms with Crippen LogP contribution in [0.3, 0.4) is 0 Å². The lowest BCUT2D eigenvalue weighted by Crippen LogP contribution is -1.95. The molecule has 5 heteroatoms. The SMILES string of the molecule is Cc1c(Cl)nnc(SCc2ccc(Cl)cc2)c1C. The van der Waals surface area contributed by atoms with Crippen molar-refractivity contribution in [3.05, 3.63) is 51.1 Å². The minimum absolute atomic E-state index is 0.475. The highest BCUT2D eigenvalue weighted by atomic mass is 35.5. The van der Waals surface area contributed by atoms with Crippen molar-refractivity contribution in [2.75, 3.05) is 0 Å². The molecule has 1 heterocycles. The molecule has 0 amide bonds. The molecule has 0 aliphatic heterocycles. The lowest BCUT2D eigenvalue weighted by Gasteiger charge is -2.07. The van der Waals surface area contributed by atoms with E-state index in [0.29, 0.717) is 5.15 Å². The van der Waals surface area contributed by atoms with Crippen LogP contribution in [-0.2, 0) is 5.75 Å². The standard InChI is InChI=1S/C13H12Cl2N2S/c1-8-9(2)13(17-16-12(8)15)18-7-10-3-5-11(14)6-4-10/h3-6H,7H2,1-2H3. The van der Waals surface area contributed by atoms with Gasteiger partial charge in [-0.1, -0.05) is 47.1 Å². The number of hydrogen-bond donors (Lipinski definition) is 0. The van der Waals surface area contributed by atoms with Gasteiger partial charge in [-0.15, -0.1) is 10.2 Å². The van der Waals surface area contributed by atoms with Gasteiger partial charge in [0.05, 0.1) is 0 Å². The Labute approximate surface area is 121 Å². The third-order valence-corrected chi connectivity index (χ3v) is 4.46. The van der Waals surface area contributed by atoms with Crippen LogP contribution in [0.25, 0.3) is 0 Å². The molecule has 0 saturated heterocycles. The van der Waals surface area contributed by atoms with E-state index in [-0.39, 0.29) is 0 Å². The molecule has 0 N–H and O–H groups in total. The fraction of sp³-hybridized carbons (Fsp3) is 0.231. The number of nitrogens with zero attached hydrogens (tertiary/aromatic N) is 2. The maximum atomic E-state index is 5.92. The molecule has 2 nitrogen and oxygen atoms in total. The Hall–Kier alpha value is -0.770. The molecule has 0 unspecified atom stereocenters. The van der Waals surface area contributed by atoms with Gasteiger partial charge in [-0.05, 0) is 42.7 Å². The molecule has 0 saturated carbocycles. The topological polar surface area (TPSA) is 25.8 Å². The molecule has 0 radical (unpaired) electrons. The Balaban J connectivity index is 2.11. The number of halogens is 2. The summed E-state index contributed by atoms with van der Waals surface area (Å²) in [5.41, 5.74) is 3.29. The van der Waals surface area contributed by atoms with Crippen LogP contribution in [0.2, 0.25) is 10.2 Å². The van der Waals surface area contributed by atoms with E-state index in [1.165, 1.54) is 5.56 Å². The first-order valence-electron chi connectivity index (χ1n) is 5.44. The van der Waals surface area contributed by atoms with Crippen molar-refractivity contribution in [3.8, 4) is 0 Å². The molecule has 1 aromatic carbocycles. The molecule has 0 spiro atoms. The molecular formula is C13H12Cl2N2S. The Bertz CT molecular complexity index is 556. The molecule has 0 aliphatic rings. The van der Waals surface area contributed by atoms with Gasteiger partial charge in [-0.3, -0.25) is 0 Å². The molecular weight excluding hydrogens is 287 g/mol. The predicted octanol–water partition coefficient (Wildman–Crippen LogP) is 4.69. The summed E-state index contributed by atoms with van der Waals surface area (Å²) >= 11 is 13.4. The summed E-state index contributed by atoms with van der Waals surface area (Å²) in [6.07, 6.45) is 0.